The molecule has 10 heteroatoms. The fourth-order valence-corrected chi connectivity index (χ4v) is 3.45. The lowest BCUT2D eigenvalue weighted by Crippen LogP contribution is -2.04. The fraction of sp³-hybridized carbons (Fsp3) is 0.0455. The molecule has 0 saturated heterocycles. The van der Waals surface area contributed by atoms with Crippen molar-refractivity contribution >= 4 is 19.5 Å². The molecule has 0 atom stereocenters. The van der Waals surface area contributed by atoms with E-state index in [0.717, 1.165) is 12.3 Å². The van der Waals surface area contributed by atoms with E-state index < -0.39 is 18.7 Å². The predicted octanol–water partition coefficient (Wildman–Crippen LogP) is 5.43. The van der Waals surface area contributed by atoms with Gasteiger partial charge in [0.2, 0.25) is 0 Å². The third kappa shape index (κ3) is 7.00. The van der Waals surface area contributed by atoms with Crippen molar-refractivity contribution in [2.45, 2.75) is 6.61 Å². The minimum absolute atomic E-state index is 0.0686. The second kappa shape index (κ2) is 10.8. The van der Waals surface area contributed by atoms with Crippen LogP contribution in [0.15, 0.2) is 97.3 Å². The molecule has 3 aromatic carbocycles. The molecule has 0 heterocycles. The summed E-state index contributed by atoms with van der Waals surface area (Å²) in [4.78, 5) is 22.1. The lowest BCUT2D eigenvalue weighted by Gasteiger charge is -2.17. The molecule has 3 aromatic rings. The van der Waals surface area contributed by atoms with Gasteiger partial charge in [0.05, 0.1) is 11.0 Å². The van der Waals surface area contributed by atoms with E-state index in [9.17, 15) is 19.5 Å². The van der Waals surface area contributed by atoms with E-state index in [-0.39, 0.29) is 23.8 Å². The Morgan fingerprint density at radius 3 is 1.91 bits per heavy atom. The zero-order chi connectivity index (χ0) is 22.8. The van der Waals surface area contributed by atoms with E-state index in [4.69, 9.17) is 18.3 Å². The van der Waals surface area contributed by atoms with Crippen LogP contribution >= 0.6 is 7.82 Å². The third-order valence-electron chi connectivity index (χ3n) is 3.84. The Morgan fingerprint density at radius 1 is 0.875 bits per heavy atom. The highest BCUT2D eigenvalue weighted by Crippen LogP contribution is 2.49. The Kier molecular flexibility index (Phi) is 7.61. The maximum Gasteiger partial charge on any atom is 0.646 e. The summed E-state index contributed by atoms with van der Waals surface area (Å²) in [6, 6.07) is 22.1. The maximum atomic E-state index is 13.1. The molecule has 0 aliphatic heterocycles. The molecule has 9 nitrogen and oxygen atoms in total. The number of para-hydroxylation sites is 2. The zero-order valence-corrected chi connectivity index (χ0v) is 17.5. The van der Waals surface area contributed by atoms with Crippen molar-refractivity contribution in [1.82, 2.24) is 0 Å². The molecule has 0 bridgehead atoms. The van der Waals surface area contributed by atoms with Crippen LogP contribution in [0.5, 0.6) is 11.5 Å². The van der Waals surface area contributed by atoms with Crippen LogP contribution in [-0.4, -0.2) is 10.9 Å². The van der Waals surface area contributed by atoms with Gasteiger partial charge in [-0.3, -0.25) is 10.1 Å². The highest BCUT2D eigenvalue weighted by atomic mass is 31.2. The van der Waals surface area contributed by atoms with Crippen molar-refractivity contribution in [2.24, 2.45) is 0 Å². The second-order valence-electron chi connectivity index (χ2n) is 6.20. The predicted molar refractivity (Wildman–Crippen MR) is 115 cm³/mol. The van der Waals surface area contributed by atoms with Gasteiger partial charge in [-0.1, -0.05) is 36.4 Å². The number of ether oxygens (including phenoxy) is 1. The monoisotopic (exact) mass is 455 g/mol. The summed E-state index contributed by atoms with van der Waals surface area (Å²) in [5, 5.41) is 10.7. The average Bonchev–Trinajstić information content (AvgIpc) is 2.79. The van der Waals surface area contributed by atoms with Gasteiger partial charge in [0, 0.05) is 12.1 Å². The molecule has 0 aliphatic rings. The molecule has 0 aromatic heterocycles. The average molecular weight is 455 g/mol. The van der Waals surface area contributed by atoms with Crippen LogP contribution in [0.3, 0.4) is 0 Å². The largest absolute Gasteiger partial charge is 0.646 e. The van der Waals surface area contributed by atoms with Gasteiger partial charge >= 0.3 is 13.8 Å². The van der Waals surface area contributed by atoms with Gasteiger partial charge in [0.1, 0.15) is 24.4 Å². The smallest absolute Gasteiger partial charge is 0.458 e. The number of phosphoric ester groups is 1. The van der Waals surface area contributed by atoms with E-state index in [1.165, 1.54) is 24.3 Å². The van der Waals surface area contributed by atoms with Crippen LogP contribution in [-0.2, 0) is 25.2 Å². The van der Waals surface area contributed by atoms with Gasteiger partial charge in [0.25, 0.3) is 5.69 Å². The third-order valence-corrected chi connectivity index (χ3v) is 5.09. The standard InChI is InChI=1S/C22H18NO8P/c24-22(28-17-18-11-13-19(14-12-18)23(25)26)15-16-29-32(27,30-20-7-3-1-4-8-20)31-21-9-5-2-6-10-21/h1-16H,17H2/b16-15-. The molecule has 0 radical (unpaired) electrons. The van der Waals surface area contributed by atoms with Gasteiger partial charge in [-0.2, -0.15) is 4.57 Å². The number of nitrogens with zero attached hydrogens (tertiary/aromatic N) is 1. The Labute approximate surface area is 183 Å². The summed E-state index contributed by atoms with van der Waals surface area (Å²) in [5.41, 5.74) is 0.490. The van der Waals surface area contributed by atoms with E-state index in [1.807, 2.05) is 0 Å². The van der Waals surface area contributed by atoms with Crippen LogP contribution in [0.1, 0.15) is 5.56 Å². The SMILES string of the molecule is O=C(/C=C\OP(=O)(Oc1ccccc1)Oc1ccccc1)OCc1ccc([N+](=O)[O-])cc1. The summed E-state index contributed by atoms with van der Waals surface area (Å²) in [5.74, 6) is -0.281. The van der Waals surface area contributed by atoms with E-state index in [2.05, 4.69) is 0 Å². The van der Waals surface area contributed by atoms with Crippen molar-refractivity contribution in [1.29, 1.82) is 0 Å². The van der Waals surface area contributed by atoms with Crippen molar-refractivity contribution < 1.29 is 32.6 Å². The molecule has 3 rings (SSSR count). The first-order chi connectivity index (χ1) is 15.4. The van der Waals surface area contributed by atoms with Gasteiger partial charge in [-0.15, -0.1) is 0 Å². The summed E-state index contributed by atoms with van der Waals surface area (Å²) >= 11 is 0. The van der Waals surface area contributed by atoms with Gasteiger partial charge in [-0.05, 0) is 42.0 Å². The fourth-order valence-electron chi connectivity index (χ4n) is 2.36. The molecule has 0 amide bonds. The topological polar surface area (TPSA) is 114 Å². The van der Waals surface area contributed by atoms with E-state index >= 15 is 0 Å². The maximum absolute atomic E-state index is 13.1. The molecule has 0 fully saturated rings. The van der Waals surface area contributed by atoms with Crippen molar-refractivity contribution in [3.63, 3.8) is 0 Å². The molecular formula is C22H18NO8P. The van der Waals surface area contributed by atoms with Crippen LogP contribution in [0.4, 0.5) is 5.69 Å². The molecule has 164 valence electrons. The number of hydrogen-bond acceptors (Lipinski definition) is 8. The minimum atomic E-state index is -4.17. The van der Waals surface area contributed by atoms with Crippen LogP contribution in [0.2, 0.25) is 0 Å². The second-order valence-corrected chi connectivity index (χ2v) is 7.67. The van der Waals surface area contributed by atoms with Gasteiger partial charge in [0.15, 0.2) is 0 Å². The number of carbonyl (C=O) groups excluding carboxylic acids is 1. The quantitative estimate of drug-likeness (QED) is 0.0992. The van der Waals surface area contributed by atoms with Crippen LogP contribution in [0.25, 0.3) is 0 Å². The summed E-state index contributed by atoms with van der Waals surface area (Å²) in [6.45, 7) is -0.111. The van der Waals surface area contributed by atoms with Crippen LogP contribution < -0.4 is 9.05 Å². The number of benzene rings is 3. The first-order valence-corrected chi connectivity index (χ1v) is 10.7. The van der Waals surface area contributed by atoms with Crippen molar-refractivity contribution in [3.8, 4) is 11.5 Å². The molecule has 0 N–H and O–H groups in total. The number of nitro benzene ring substituents is 1. The first-order valence-electron chi connectivity index (χ1n) is 9.28. The van der Waals surface area contributed by atoms with Gasteiger partial charge < -0.3 is 18.3 Å². The number of hydrogen-bond donors (Lipinski definition) is 0. The summed E-state index contributed by atoms with van der Waals surface area (Å²) < 4.78 is 34.1. The first kappa shape index (κ1) is 22.6. The number of phosphoric acid groups is 1. The highest BCUT2D eigenvalue weighted by molar-refractivity contribution is 7.49. The molecule has 0 spiro atoms. The number of carbonyl (C=O) groups is 1. The zero-order valence-electron chi connectivity index (χ0n) is 16.6. The van der Waals surface area contributed by atoms with Crippen molar-refractivity contribution in [2.75, 3.05) is 0 Å². The lowest BCUT2D eigenvalue weighted by molar-refractivity contribution is -0.384. The normalized spacial score (nSPS) is 11.0. The number of esters is 1. The summed E-state index contributed by atoms with van der Waals surface area (Å²) in [7, 11) is -4.17. The molecule has 32 heavy (non-hydrogen) atoms. The number of rotatable bonds is 10. The lowest BCUT2D eigenvalue weighted by atomic mass is 10.2. The van der Waals surface area contributed by atoms with E-state index in [1.54, 1.807) is 60.7 Å². The minimum Gasteiger partial charge on any atom is -0.458 e. The Balaban J connectivity index is 1.60. The van der Waals surface area contributed by atoms with E-state index in [0.29, 0.717) is 5.56 Å². The Morgan fingerprint density at radius 2 is 1.41 bits per heavy atom. The Hall–Kier alpha value is -4.10. The summed E-state index contributed by atoms with van der Waals surface area (Å²) in [6.07, 6.45) is 1.78. The number of nitro groups is 1. The van der Waals surface area contributed by atoms with Crippen LogP contribution in [0, 0.1) is 10.1 Å². The molecule has 0 unspecified atom stereocenters. The molecular weight excluding hydrogens is 437 g/mol. The molecule has 0 aliphatic carbocycles. The molecule has 0 saturated carbocycles. The highest BCUT2D eigenvalue weighted by Gasteiger charge is 2.31. The Bertz CT molecular complexity index is 1070. The van der Waals surface area contributed by atoms with Gasteiger partial charge in [-0.25, -0.2) is 4.79 Å². The van der Waals surface area contributed by atoms with Crippen molar-refractivity contribution in [3.05, 3.63) is 113 Å². The number of non-ortho nitro benzene ring substituents is 1.